The number of rotatable bonds is 4. The Bertz CT molecular complexity index is 612. The number of methoxy groups -OCH3 is 1. The molecule has 0 heterocycles. The molecular formula is C14H17BrINO5. The van der Waals surface area contributed by atoms with E-state index in [1.165, 1.54) is 7.11 Å². The number of ether oxygens (including phenoxy) is 2. The van der Waals surface area contributed by atoms with Gasteiger partial charge < -0.3 is 9.47 Å². The van der Waals surface area contributed by atoms with Gasteiger partial charge in [0.1, 0.15) is 0 Å². The predicted octanol–water partition coefficient (Wildman–Crippen LogP) is 4.30. The number of halogens is 2. The van der Waals surface area contributed by atoms with Crippen LogP contribution < -0.4 is 0 Å². The highest BCUT2D eigenvalue weighted by Gasteiger charge is 2.34. The summed E-state index contributed by atoms with van der Waals surface area (Å²) >= 11 is 5.26. The van der Waals surface area contributed by atoms with E-state index in [0.29, 0.717) is 19.2 Å². The molecule has 6 nitrogen and oxygen atoms in total. The monoisotopic (exact) mass is 485 g/mol. The molecule has 122 valence electrons. The van der Waals surface area contributed by atoms with E-state index in [4.69, 9.17) is 9.47 Å². The average molecular weight is 486 g/mol. The lowest BCUT2D eigenvalue weighted by Crippen LogP contribution is -2.29. The number of benzene rings is 1. The molecule has 0 aromatic heterocycles. The fourth-order valence-corrected chi connectivity index (χ4v) is 4.05. The summed E-state index contributed by atoms with van der Waals surface area (Å²) in [6.45, 7) is 7.00. The van der Waals surface area contributed by atoms with Crippen LogP contribution in [0.4, 0.5) is 5.69 Å². The van der Waals surface area contributed by atoms with Crippen molar-refractivity contribution in [3.63, 3.8) is 0 Å². The first-order chi connectivity index (χ1) is 9.99. The molecular weight excluding hydrogens is 469 g/mol. The van der Waals surface area contributed by atoms with Crippen LogP contribution in [0.3, 0.4) is 0 Å². The van der Waals surface area contributed by atoms with Crippen LogP contribution in [0.2, 0.25) is 0 Å². The summed E-state index contributed by atoms with van der Waals surface area (Å²) in [5.74, 6) is -0.603. The summed E-state index contributed by atoms with van der Waals surface area (Å²) in [4.78, 5) is 22.9. The van der Waals surface area contributed by atoms with Gasteiger partial charge in [0.05, 0.1) is 21.2 Å². The van der Waals surface area contributed by atoms with Crippen molar-refractivity contribution in [2.45, 2.75) is 39.4 Å². The summed E-state index contributed by atoms with van der Waals surface area (Å²) in [7, 11) is 1.26. The van der Waals surface area contributed by atoms with Crippen LogP contribution >= 0.6 is 38.5 Å². The first-order valence-corrected chi connectivity index (χ1v) is 8.25. The molecule has 8 heteroatoms. The lowest BCUT2D eigenvalue weighted by Gasteiger charge is -2.27. The Labute approximate surface area is 151 Å². The third-order valence-corrected chi connectivity index (χ3v) is 4.31. The minimum Gasteiger partial charge on any atom is -0.467 e. The zero-order chi connectivity index (χ0) is 17.2. The number of carbonyl (C=O) groups excluding carboxylic acids is 1. The summed E-state index contributed by atoms with van der Waals surface area (Å²) < 4.78 is 11.6. The molecule has 1 rings (SSSR count). The standard InChI is InChI=1S/C14H17BrINO5/c1-7-10(8(15)6-9(16)11(7)17(19)20)12(13(18)21-5)22-14(2,3)4/h6,12H,1-5H3/t12-/m0/s1. The van der Waals surface area contributed by atoms with Crippen LogP contribution in [0.5, 0.6) is 0 Å². The van der Waals surface area contributed by atoms with Crippen molar-refractivity contribution in [1.29, 1.82) is 0 Å². The van der Waals surface area contributed by atoms with E-state index in [0.717, 1.165) is 0 Å². The van der Waals surface area contributed by atoms with Gasteiger partial charge in [-0.15, -0.1) is 0 Å². The second kappa shape index (κ2) is 7.22. The van der Waals surface area contributed by atoms with Crippen molar-refractivity contribution in [1.82, 2.24) is 0 Å². The Morgan fingerprint density at radius 1 is 1.45 bits per heavy atom. The first-order valence-electron chi connectivity index (χ1n) is 6.38. The Balaban J connectivity index is 3.58. The lowest BCUT2D eigenvalue weighted by atomic mass is 10.0. The summed E-state index contributed by atoms with van der Waals surface area (Å²) in [5.41, 5.74) is 0.130. The maximum absolute atomic E-state index is 12.1. The molecule has 0 saturated heterocycles. The molecule has 0 saturated carbocycles. The molecule has 0 amide bonds. The Kier molecular flexibility index (Phi) is 6.34. The van der Waals surface area contributed by atoms with Crippen LogP contribution in [0.25, 0.3) is 0 Å². The molecule has 0 spiro atoms. The largest absolute Gasteiger partial charge is 0.467 e. The van der Waals surface area contributed by atoms with E-state index < -0.39 is 22.6 Å². The summed E-state index contributed by atoms with van der Waals surface area (Å²) in [5, 5.41) is 11.3. The second-order valence-corrected chi connectivity index (χ2v) is 7.63. The first kappa shape index (κ1) is 19.3. The highest BCUT2D eigenvalue weighted by molar-refractivity contribution is 14.1. The van der Waals surface area contributed by atoms with Gasteiger partial charge in [0.25, 0.3) is 5.69 Å². The van der Waals surface area contributed by atoms with Crippen LogP contribution in [-0.4, -0.2) is 23.6 Å². The molecule has 0 unspecified atom stereocenters. The Hall–Kier alpha value is -0.740. The van der Waals surface area contributed by atoms with Crippen molar-refractivity contribution >= 4 is 50.2 Å². The van der Waals surface area contributed by atoms with Gasteiger partial charge in [0, 0.05) is 15.6 Å². The van der Waals surface area contributed by atoms with Gasteiger partial charge in [-0.1, -0.05) is 15.9 Å². The van der Waals surface area contributed by atoms with Gasteiger partial charge in [-0.05, 0) is 56.4 Å². The highest BCUT2D eigenvalue weighted by Crippen LogP contribution is 2.39. The van der Waals surface area contributed by atoms with Gasteiger partial charge in [0.2, 0.25) is 0 Å². The van der Waals surface area contributed by atoms with Crippen molar-refractivity contribution in [2.75, 3.05) is 7.11 Å². The van der Waals surface area contributed by atoms with Gasteiger partial charge in [0.15, 0.2) is 6.10 Å². The van der Waals surface area contributed by atoms with E-state index in [1.807, 2.05) is 22.6 Å². The molecule has 1 aromatic rings. The minimum atomic E-state index is -1.05. The fourth-order valence-electron chi connectivity index (χ4n) is 1.97. The van der Waals surface area contributed by atoms with E-state index >= 15 is 0 Å². The quantitative estimate of drug-likeness (QED) is 0.275. The van der Waals surface area contributed by atoms with E-state index in [9.17, 15) is 14.9 Å². The third-order valence-electron chi connectivity index (χ3n) is 2.83. The maximum Gasteiger partial charge on any atom is 0.339 e. The summed E-state index contributed by atoms with van der Waals surface area (Å²) in [6.07, 6.45) is -1.05. The lowest BCUT2D eigenvalue weighted by molar-refractivity contribution is -0.386. The number of nitro benzene ring substituents is 1. The molecule has 22 heavy (non-hydrogen) atoms. The molecule has 0 aliphatic carbocycles. The Morgan fingerprint density at radius 3 is 2.41 bits per heavy atom. The second-order valence-electron chi connectivity index (χ2n) is 5.62. The normalized spacial score (nSPS) is 12.9. The molecule has 0 aliphatic rings. The summed E-state index contributed by atoms with van der Waals surface area (Å²) in [6, 6.07) is 1.60. The van der Waals surface area contributed by atoms with Gasteiger partial charge >= 0.3 is 5.97 Å². The van der Waals surface area contributed by atoms with Crippen LogP contribution in [0.15, 0.2) is 10.5 Å². The van der Waals surface area contributed by atoms with Crippen molar-refractivity contribution in [3.8, 4) is 0 Å². The minimum absolute atomic E-state index is 0.0368. The smallest absolute Gasteiger partial charge is 0.339 e. The van der Waals surface area contributed by atoms with E-state index in [-0.39, 0.29) is 5.69 Å². The average Bonchev–Trinajstić information content (AvgIpc) is 2.33. The number of hydrogen-bond donors (Lipinski definition) is 0. The van der Waals surface area contributed by atoms with E-state index in [2.05, 4.69) is 15.9 Å². The molecule has 0 N–H and O–H groups in total. The van der Waals surface area contributed by atoms with Gasteiger partial charge in [-0.2, -0.15) is 0 Å². The molecule has 0 bridgehead atoms. The number of hydrogen-bond acceptors (Lipinski definition) is 5. The molecule has 0 radical (unpaired) electrons. The molecule has 0 aliphatic heterocycles. The van der Waals surface area contributed by atoms with Crippen LogP contribution in [0, 0.1) is 20.6 Å². The topological polar surface area (TPSA) is 78.7 Å². The fraction of sp³-hybridized carbons (Fsp3) is 0.500. The van der Waals surface area contributed by atoms with Crippen LogP contribution in [0.1, 0.15) is 38.0 Å². The molecule has 0 fully saturated rings. The third kappa shape index (κ3) is 4.39. The SMILES string of the molecule is COC(=O)[C@@H](OC(C)(C)C)c1c(Br)cc(I)c([N+](=O)[O-])c1C. The number of esters is 1. The van der Waals surface area contributed by atoms with E-state index in [1.54, 1.807) is 33.8 Å². The van der Waals surface area contributed by atoms with Gasteiger partial charge in [-0.25, -0.2) is 4.79 Å². The van der Waals surface area contributed by atoms with Crippen LogP contribution in [-0.2, 0) is 14.3 Å². The molecule has 1 atom stereocenters. The van der Waals surface area contributed by atoms with Crippen molar-refractivity contribution in [2.24, 2.45) is 0 Å². The highest BCUT2D eigenvalue weighted by atomic mass is 127. The maximum atomic E-state index is 12.1. The Morgan fingerprint density at radius 2 is 2.00 bits per heavy atom. The zero-order valence-corrected chi connectivity index (χ0v) is 16.6. The van der Waals surface area contributed by atoms with Crippen molar-refractivity contribution < 1.29 is 19.2 Å². The van der Waals surface area contributed by atoms with Gasteiger partial charge in [-0.3, -0.25) is 10.1 Å². The zero-order valence-electron chi connectivity index (χ0n) is 12.9. The number of carbonyl (C=O) groups is 1. The molecule has 1 aromatic carbocycles. The van der Waals surface area contributed by atoms with Crippen molar-refractivity contribution in [3.05, 3.63) is 35.4 Å². The number of nitro groups is 1. The predicted molar refractivity (Wildman–Crippen MR) is 93.8 cm³/mol. The number of nitrogens with zero attached hydrogens (tertiary/aromatic N) is 1.